The molecule has 0 unspecified atom stereocenters. The second-order valence-corrected chi connectivity index (χ2v) is 4.00. The number of nitrogens with two attached hydrogens (primary N) is 1. The molecule has 0 aliphatic heterocycles. The van der Waals surface area contributed by atoms with Crippen LogP contribution < -0.4 is 5.73 Å². The first kappa shape index (κ1) is 10.9. The van der Waals surface area contributed by atoms with Gasteiger partial charge in [-0.25, -0.2) is 4.98 Å². The molecule has 5 heteroatoms. The predicted molar refractivity (Wildman–Crippen MR) is 60.9 cm³/mol. The summed E-state index contributed by atoms with van der Waals surface area (Å²) < 4.78 is 7.25. The van der Waals surface area contributed by atoms with Crippen molar-refractivity contribution in [3.05, 3.63) is 24.4 Å². The molecule has 2 heterocycles. The molecule has 16 heavy (non-hydrogen) atoms. The predicted octanol–water partition coefficient (Wildman–Crippen LogP) is 1.62. The highest BCUT2D eigenvalue weighted by atomic mass is 16.5. The van der Waals surface area contributed by atoms with Gasteiger partial charge in [0.25, 0.3) is 0 Å². The van der Waals surface area contributed by atoms with E-state index in [-0.39, 0.29) is 0 Å². The molecule has 2 aromatic rings. The SMILES string of the molecule is CC(C)n1cncc1-c1cc(CCN)on1. The van der Waals surface area contributed by atoms with Gasteiger partial charge in [0.05, 0.1) is 18.2 Å². The van der Waals surface area contributed by atoms with Crippen LogP contribution in [0.4, 0.5) is 0 Å². The molecule has 0 amide bonds. The van der Waals surface area contributed by atoms with Crippen molar-refractivity contribution in [1.29, 1.82) is 0 Å². The van der Waals surface area contributed by atoms with Crippen LogP contribution in [-0.2, 0) is 6.42 Å². The Kier molecular flexibility index (Phi) is 3.05. The summed E-state index contributed by atoms with van der Waals surface area (Å²) in [5.41, 5.74) is 7.25. The highest BCUT2D eigenvalue weighted by Crippen LogP contribution is 2.21. The summed E-state index contributed by atoms with van der Waals surface area (Å²) in [6.45, 7) is 4.77. The maximum absolute atomic E-state index is 5.46. The third kappa shape index (κ3) is 1.99. The fourth-order valence-electron chi connectivity index (χ4n) is 1.61. The maximum atomic E-state index is 5.46. The van der Waals surface area contributed by atoms with E-state index in [1.54, 1.807) is 12.5 Å². The molecule has 86 valence electrons. The molecule has 0 radical (unpaired) electrons. The summed E-state index contributed by atoms with van der Waals surface area (Å²) in [6.07, 6.45) is 4.31. The fourth-order valence-corrected chi connectivity index (χ4v) is 1.61. The summed E-state index contributed by atoms with van der Waals surface area (Å²) in [5.74, 6) is 0.814. The largest absolute Gasteiger partial charge is 0.361 e. The van der Waals surface area contributed by atoms with Crippen LogP contribution >= 0.6 is 0 Å². The number of hydrogen-bond acceptors (Lipinski definition) is 4. The lowest BCUT2D eigenvalue weighted by Gasteiger charge is -2.08. The molecule has 2 rings (SSSR count). The van der Waals surface area contributed by atoms with Crippen molar-refractivity contribution in [2.75, 3.05) is 6.54 Å². The Bertz CT molecular complexity index is 458. The van der Waals surface area contributed by atoms with E-state index in [2.05, 4.69) is 28.6 Å². The summed E-state index contributed by atoms with van der Waals surface area (Å²) in [6, 6.07) is 2.27. The molecule has 0 atom stereocenters. The number of rotatable bonds is 4. The van der Waals surface area contributed by atoms with E-state index in [0.29, 0.717) is 19.0 Å². The smallest absolute Gasteiger partial charge is 0.138 e. The Morgan fingerprint density at radius 2 is 2.31 bits per heavy atom. The molecular formula is C11H16N4O. The van der Waals surface area contributed by atoms with Crippen molar-refractivity contribution in [2.45, 2.75) is 26.3 Å². The Morgan fingerprint density at radius 1 is 1.50 bits per heavy atom. The lowest BCUT2D eigenvalue weighted by Crippen LogP contribution is -2.01. The topological polar surface area (TPSA) is 69.9 Å². The van der Waals surface area contributed by atoms with Gasteiger partial charge in [-0.3, -0.25) is 0 Å². The molecule has 0 saturated carbocycles. The first-order valence-corrected chi connectivity index (χ1v) is 5.40. The standard InChI is InChI=1S/C11H16N4O/c1-8(2)15-7-13-6-11(15)10-5-9(3-4-12)16-14-10/h5-8H,3-4,12H2,1-2H3. The van der Waals surface area contributed by atoms with Gasteiger partial charge in [-0.15, -0.1) is 0 Å². The molecule has 0 spiro atoms. The monoisotopic (exact) mass is 220 g/mol. The van der Waals surface area contributed by atoms with Crippen LogP contribution in [0.2, 0.25) is 0 Å². The molecule has 2 aromatic heterocycles. The van der Waals surface area contributed by atoms with Crippen LogP contribution in [0.25, 0.3) is 11.4 Å². The van der Waals surface area contributed by atoms with E-state index in [1.165, 1.54) is 0 Å². The summed E-state index contributed by atoms with van der Waals surface area (Å²) in [7, 11) is 0. The average Bonchev–Trinajstić information content (AvgIpc) is 2.83. The van der Waals surface area contributed by atoms with Gasteiger partial charge in [-0.1, -0.05) is 5.16 Å². The Hall–Kier alpha value is -1.62. The second-order valence-electron chi connectivity index (χ2n) is 4.00. The van der Waals surface area contributed by atoms with Crippen molar-refractivity contribution in [2.24, 2.45) is 5.73 Å². The maximum Gasteiger partial charge on any atom is 0.138 e. The molecule has 0 aliphatic carbocycles. The van der Waals surface area contributed by atoms with Gasteiger partial charge in [-0.05, 0) is 20.4 Å². The average molecular weight is 220 g/mol. The van der Waals surface area contributed by atoms with Gasteiger partial charge in [0.1, 0.15) is 11.5 Å². The number of aromatic nitrogens is 3. The third-order valence-electron chi connectivity index (χ3n) is 2.43. The Morgan fingerprint density at radius 3 is 3.00 bits per heavy atom. The molecule has 5 nitrogen and oxygen atoms in total. The zero-order valence-electron chi connectivity index (χ0n) is 9.55. The highest BCUT2D eigenvalue weighted by Gasteiger charge is 2.12. The van der Waals surface area contributed by atoms with Gasteiger partial charge in [0, 0.05) is 18.5 Å². The van der Waals surface area contributed by atoms with E-state index in [9.17, 15) is 0 Å². The van der Waals surface area contributed by atoms with E-state index in [0.717, 1.165) is 17.1 Å². The quantitative estimate of drug-likeness (QED) is 0.850. The van der Waals surface area contributed by atoms with E-state index < -0.39 is 0 Å². The molecular weight excluding hydrogens is 204 g/mol. The van der Waals surface area contributed by atoms with Gasteiger partial charge in [0.2, 0.25) is 0 Å². The second kappa shape index (κ2) is 4.49. The van der Waals surface area contributed by atoms with Crippen LogP contribution in [0.3, 0.4) is 0 Å². The van der Waals surface area contributed by atoms with Crippen molar-refractivity contribution in [3.8, 4) is 11.4 Å². The molecule has 0 aromatic carbocycles. The number of hydrogen-bond donors (Lipinski definition) is 1. The van der Waals surface area contributed by atoms with Crippen molar-refractivity contribution in [1.82, 2.24) is 14.7 Å². The Balaban J connectivity index is 2.31. The summed E-state index contributed by atoms with van der Waals surface area (Å²) in [5, 5.41) is 4.03. The van der Waals surface area contributed by atoms with Crippen LogP contribution in [0.15, 0.2) is 23.1 Å². The van der Waals surface area contributed by atoms with Gasteiger partial charge in [0.15, 0.2) is 0 Å². The zero-order valence-corrected chi connectivity index (χ0v) is 9.55. The lowest BCUT2D eigenvalue weighted by atomic mass is 10.2. The van der Waals surface area contributed by atoms with Crippen LogP contribution in [0, 0.1) is 0 Å². The summed E-state index contributed by atoms with van der Waals surface area (Å²) >= 11 is 0. The van der Waals surface area contributed by atoms with E-state index >= 15 is 0 Å². The highest BCUT2D eigenvalue weighted by molar-refractivity contribution is 5.53. The molecule has 0 saturated heterocycles. The molecule has 0 bridgehead atoms. The number of nitrogens with zero attached hydrogens (tertiary/aromatic N) is 3. The summed E-state index contributed by atoms with van der Waals surface area (Å²) in [4.78, 5) is 4.13. The normalized spacial score (nSPS) is 11.2. The first-order chi connectivity index (χ1) is 7.72. The van der Waals surface area contributed by atoms with Gasteiger partial charge in [-0.2, -0.15) is 0 Å². The van der Waals surface area contributed by atoms with Crippen LogP contribution in [-0.4, -0.2) is 21.3 Å². The molecule has 0 fully saturated rings. The van der Waals surface area contributed by atoms with Gasteiger partial charge >= 0.3 is 0 Å². The van der Waals surface area contributed by atoms with E-state index in [4.69, 9.17) is 10.3 Å². The van der Waals surface area contributed by atoms with Crippen molar-refractivity contribution in [3.63, 3.8) is 0 Å². The minimum Gasteiger partial charge on any atom is -0.361 e. The van der Waals surface area contributed by atoms with Crippen molar-refractivity contribution >= 4 is 0 Å². The number of imidazole rings is 1. The zero-order chi connectivity index (χ0) is 11.5. The fraction of sp³-hybridized carbons (Fsp3) is 0.455. The molecule has 0 aliphatic rings. The van der Waals surface area contributed by atoms with Gasteiger partial charge < -0.3 is 14.8 Å². The van der Waals surface area contributed by atoms with Crippen molar-refractivity contribution < 1.29 is 4.52 Å². The van der Waals surface area contributed by atoms with Crippen LogP contribution in [0.5, 0.6) is 0 Å². The van der Waals surface area contributed by atoms with E-state index in [1.807, 2.05) is 6.07 Å². The third-order valence-corrected chi connectivity index (χ3v) is 2.43. The molecule has 2 N–H and O–H groups in total. The first-order valence-electron chi connectivity index (χ1n) is 5.40. The minimum atomic E-state index is 0.354. The lowest BCUT2D eigenvalue weighted by molar-refractivity contribution is 0.386. The van der Waals surface area contributed by atoms with Crippen LogP contribution in [0.1, 0.15) is 25.6 Å². The minimum absolute atomic E-state index is 0.354. The Labute approximate surface area is 94.3 Å².